The molecule has 2 rings (SSSR count). The van der Waals surface area contributed by atoms with Crippen LogP contribution in [0.2, 0.25) is 0 Å². The predicted molar refractivity (Wildman–Crippen MR) is 74.5 cm³/mol. The third-order valence-electron chi connectivity index (χ3n) is 3.53. The molecule has 1 aliphatic rings. The van der Waals surface area contributed by atoms with Gasteiger partial charge in [0.25, 0.3) is 0 Å². The van der Waals surface area contributed by atoms with Crippen LogP contribution in [0.25, 0.3) is 0 Å². The quantitative estimate of drug-likeness (QED) is 0.868. The first kappa shape index (κ1) is 13.5. The Morgan fingerprint density at radius 3 is 2.78 bits per heavy atom. The average molecular weight is 248 g/mol. The number of nitrogens with zero attached hydrogens (tertiary/aromatic N) is 1. The molecule has 0 aliphatic carbocycles. The lowest BCUT2D eigenvalue weighted by Crippen LogP contribution is -2.37. The number of benzene rings is 1. The van der Waals surface area contributed by atoms with E-state index in [9.17, 15) is 0 Å². The van der Waals surface area contributed by atoms with Crippen molar-refractivity contribution >= 4 is 0 Å². The molecule has 1 saturated heterocycles. The Bertz CT molecular complexity index is 336. The zero-order valence-corrected chi connectivity index (χ0v) is 11.2. The molecule has 2 N–H and O–H groups in total. The van der Waals surface area contributed by atoms with Gasteiger partial charge in [0.1, 0.15) is 0 Å². The van der Waals surface area contributed by atoms with Crippen molar-refractivity contribution in [2.24, 2.45) is 5.73 Å². The van der Waals surface area contributed by atoms with Crippen LogP contribution in [-0.4, -0.2) is 37.7 Å². The Hall–Kier alpha value is -0.900. The van der Waals surface area contributed by atoms with Crippen LogP contribution in [0.1, 0.15) is 30.9 Å². The van der Waals surface area contributed by atoms with Crippen molar-refractivity contribution in [2.45, 2.75) is 31.4 Å². The highest BCUT2D eigenvalue weighted by atomic mass is 16.5. The summed E-state index contributed by atoms with van der Waals surface area (Å²) < 4.78 is 5.75. The fourth-order valence-electron chi connectivity index (χ4n) is 2.51. The molecule has 1 aromatic rings. The van der Waals surface area contributed by atoms with Gasteiger partial charge in [-0.25, -0.2) is 0 Å². The first-order valence-corrected chi connectivity index (χ1v) is 6.86. The highest BCUT2D eigenvalue weighted by Gasteiger charge is 2.17. The molecule has 3 nitrogen and oxygen atoms in total. The van der Waals surface area contributed by atoms with Gasteiger partial charge in [0.15, 0.2) is 0 Å². The summed E-state index contributed by atoms with van der Waals surface area (Å²) in [5.41, 5.74) is 7.42. The molecule has 100 valence electrons. The van der Waals surface area contributed by atoms with Crippen molar-refractivity contribution in [2.75, 3.05) is 26.7 Å². The molecule has 1 heterocycles. The van der Waals surface area contributed by atoms with E-state index in [1.807, 2.05) is 18.2 Å². The molecule has 0 radical (unpaired) electrons. The van der Waals surface area contributed by atoms with E-state index in [-0.39, 0.29) is 6.04 Å². The topological polar surface area (TPSA) is 38.5 Å². The van der Waals surface area contributed by atoms with Gasteiger partial charge in [-0.15, -0.1) is 0 Å². The van der Waals surface area contributed by atoms with Gasteiger partial charge in [-0.2, -0.15) is 0 Å². The van der Waals surface area contributed by atoms with Crippen molar-refractivity contribution in [1.29, 1.82) is 0 Å². The van der Waals surface area contributed by atoms with E-state index >= 15 is 0 Å². The normalized spacial score (nSPS) is 22.1. The average Bonchev–Trinajstić information content (AvgIpc) is 2.40. The number of ether oxygens (including phenoxy) is 1. The molecule has 1 fully saturated rings. The van der Waals surface area contributed by atoms with Crippen LogP contribution in [0.15, 0.2) is 30.3 Å². The van der Waals surface area contributed by atoms with Crippen molar-refractivity contribution in [1.82, 2.24) is 4.90 Å². The fraction of sp³-hybridized carbons (Fsp3) is 0.600. The van der Waals surface area contributed by atoms with Crippen LogP contribution < -0.4 is 5.73 Å². The minimum absolute atomic E-state index is 0.0831. The van der Waals surface area contributed by atoms with Gasteiger partial charge in [0.05, 0.1) is 6.10 Å². The number of likely N-dealkylation sites (N-methyl/N-ethyl adjacent to an activating group) is 1. The maximum atomic E-state index is 6.22. The second-order valence-corrected chi connectivity index (χ2v) is 5.23. The highest BCUT2D eigenvalue weighted by molar-refractivity contribution is 5.18. The predicted octanol–water partition coefficient (Wildman–Crippen LogP) is 2.19. The Balaban J connectivity index is 1.78. The van der Waals surface area contributed by atoms with E-state index < -0.39 is 0 Å². The second-order valence-electron chi connectivity index (χ2n) is 5.23. The summed E-state index contributed by atoms with van der Waals surface area (Å²) in [5.74, 6) is 0. The van der Waals surface area contributed by atoms with Crippen molar-refractivity contribution < 1.29 is 4.74 Å². The van der Waals surface area contributed by atoms with Crippen molar-refractivity contribution in [3.05, 3.63) is 35.9 Å². The molecule has 1 aromatic carbocycles. The van der Waals surface area contributed by atoms with Gasteiger partial charge in [-0.1, -0.05) is 30.3 Å². The lowest BCUT2D eigenvalue weighted by Gasteiger charge is -2.29. The van der Waals surface area contributed by atoms with E-state index in [0.29, 0.717) is 6.10 Å². The summed E-state index contributed by atoms with van der Waals surface area (Å²) in [5, 5.41) is 0. The van der Waals surface area contributed by atoms with Gasteiger partial charge < -0.3 is 15.4 Å². The smallest absolute Gasteiger partial charge is 0.0701 e. The van der Waals surface area contributed by atoms with Crippen LogP contribution in [0.4, 0.5) is 0 Å². The molecule has 0 bridgehead atoms. The van der Waals surface area contributed by atoms with Crippen molar-refractivity contribution in [3.63, 3.8) is 0 Å². The number of hydrogen-bond acceptors (Lipinski definition) is 3. The zero-order chi connectivity index (χ0) is 12.8. The van der Waals surface area contributed by atoms with Gasteiger partial charge in [-0.05, 0) is 31.9 Å². The number of hydrogen-bond donors (Lipinski definition) is 1. The Kier molecular flexibility index (Phi) is 5.17. The van der Waals surface area contributed by atoms with E-state index in [0.717, 1.165) is 19.7 Å². The summed E-state index contributed by atoms with van der Waals surface area (Å²) in [6.07, 6.45) is 4.09. The van der Waals surface area contributed by atoms with Gasteiger partial charge >= 0.3 is 0 Å². The molecule has 0 saturated carbocycles. The summed E-state index contributed by atoms with van der Waals surface area (Å²) in [6, 6.07) is 10.4. The summed E-state index contributed by atoms with van der Waals surface area (Å²) in [6.45, 7) is 2.79. The minimum Gasteiger partial charge on any atom is -0.377 e. The van der Waals surface area contributed by atoms with E-state index in [1.54, 1.807) is 0 Å². The fourth-order valence-corrected chi connectivity index (χ4v) is 2.51. The van der Waals surface area contributed by atoms with Crippen LogP contribution in [-0.2, 0) is 4.74 Å². The lowest BCUT2D eigenvalue weighted by atomic mass is 10.1. The SMILES string of the molecule is CN(CC1CCCCO1)CC(N)c1ccccc1. The maximum Gasteiger partial charge on any atom is 0.0701 e. The Morgan fingerprint density at radius 1 is 1.33 bits per heavy atom. The van der Waals surface area contributed by atoms with E-state index in [1.165, 1.54) is 24.8 Å². The zero-order valence-electron chi connectivity index (χ0n) is 11.2. The maximum absolute atomic E-state index is 6.22. The molecular weight excluding hydrogens is 224 g/mol. The standard InChI is InChI=1S/C15H24N2O/c1-17(11-14-9-5-6-10-18-14)12-15(16)13-7-3-2-4-8-13/h2-4,7-8,14-15H,5-6,9-12,16H2,1H3. The van der Waals surface area contributed by atoms with Crippen LogP contribution in [0.5, 0.6) is 0 Å². The van der Waals surface area contributed by atoms with Crippen LogP contribution in [0, 0.1) is 0 Å². The second kappa shape index (κ2) is 6.88. The summed E-state index contributed by atoms with van der Waals surface area (Å²) in [7, 11) is 2.13. The third kappa shape index (κ3) is 4.09. The minimum atomic E-state index is 0.0831. The molecule has 0 amide bonds. The Morgan fingerprint density at radius 2 is 2.11 bits per heavy atom. The third-order valence-corrected chi connectivity index (χ3v) is 3.53. The largest absolute Gasteiger partial charge is 0.377 e. The molecule has 2 unspecified atom stereocenters. The first-order valence-electron chi connectivity index (χ1n) is 6.86. The summed E-state index contributed by atoms with van der Waals surface area (Å²) in [4.78, 5) is 2.29. The van der Waals surface area contributed by atoms with E-state index in [4.69, 9.17) is 10.5 Å². The monoisotopic (exact) mass is 248 g/mol. The summed E-state index contributed by atoms with van der Waals surface area (Å²) >= 11 is 0. The van der Waals surface area contributed by atoms with Crippen LogP contribution in [0.3, 0.4) is 0 Å². The van der Waals surface area contributed by atoms with Gasteiger partial charge in [-0.3, -0.25) is 0 Å². The lowest BCUT2D eigenvalue weighted by molar-refractivity contribution is -0.00214. The molecular formula is C15H24N2O. The van der Waals surface area contributed by atoms with Gasteiger partial charge in [0, 0.05) is 25.7 Å². The molecule has 2 atom stereocenters. The van der Waals surface area contributed by atoms with Crippen LogP contribution >= 0.6 is 0 Å². The number of rotatable bonds is 5. The van der Waals surface area contributed by atoms with E-state index in [2.05, 4.69) is 24.1 Å². The molecule has 18 heavy (non-hydrogen) atoms. The van der Waals surface area contributed by atoms with Crippen molar-refractivity contribution in [3.8, 4) is 0 Å². The number of nitrogens with two attached hydrogens (primary N) is 1. The highest BCUT2D eigenvalue weighted by Crippen LogP contribution is 2.15. The molecule has 0 aromatic heterocycles. The molecule has 0 spiro atoms. The molecule has 1 aliphatic heterocycles. The van der Waals surface area contributed by atoms with Gasteiger partial charge in [0.2, 0.25) is 0 Å². The Labute approximate surface area is 110 Å². The first-order chi connectivity index (χ1) is 8.75. The molecule has 3 heteroatoms.